The van der Waals surface area contributed by atoms with Crippen molar-refractivity contribution in [2.45, 2.75) is 58.2 Å². The number of amides is 1. The van der Waals surface area contributed by atoms with Crippen LogP contribution in [0.25, 0.3) is 0 Å². The molecule has 1 amide bonds. The average Bonchev–Trinajstić information content (AvgIpc) is 2.55. The van der Waals surface area contributed by atoms with Crippen molar-refractivity contribution in [2.24, 2.45) is 5.92 Å². The fourth-order valence-electron chi connectivity index (χ4n) is 3.03. The van der Waals surface area contributed by atoms with Gasteiger partial charge in [-0.3, -0.25) is 4.79 Å². The number of nitrogens with one attached hydrogen (secondary N) is 1. The molecule has 0 spiro atoms. The van der Waals surface area contributed by atoms with Crippen molar-refractivity contribution in [1.82, 2.24) is 10.2 Å². The topological polar surface area (TPSA) is 50.8 Å². The number of rotatable bonds is 7. The Bertz CT molecular complexity index is 324. The van der Waals surface area contributed by atoms with E-state index in [1.54, 1.807) is 0 Å². The SMILES string of the molecule is CC1CCN(CCNC(=O)[C@@H](C)OC[C@@H]2CCCCO2)CC1. The predicted octanol–water partition coefficient (Wildman–Crippen LogP) is 1.81. The maximum absolute atomic E-state index is 12.0. The van der Waals surface area contributed by atoms with E-state index >= 15 is 0 Å². The number of piperidine rings is 1. The molecule has 128 valence electrons. The molecule has 0 radical (unpaired) electrons. The Hall–Kier alpha value is -0.650. The van der Waals surface area contributed by atoms with E-state index in [4.69, 9.17) is 9.47 Å². The first-order valence-corrected chi connectivity index (χ1v) is 8.88. The summed E-state index contributed by atoms with van der Waals surface area (Å²) in [6.07, 6.45) is 5.70. The minimum atomic E-state index is -0.396. The van der Waals surface area contributed by atoms with Crippen LogP contribution in [0.15, 0.2) is 0 Å². The molecule has 5 heteroatoms. The molecule has 2 rings (SSSR count). The highest BCUT2D eigenvalue weighted by Gasteiger charge is 2.19. The summed E-state index contributed by atoms with van der Waals surface area (Å²) in [6, 6.07) is 0. The molecule has 2 atom stereocenters. The van der Waals surface area contributed by atoms with Gasteiger partial charge in [0.2, 0.25) is 5.91 Å². The molecule has 0 unspecified atom stereocenters. The first-order valence-electron chi connectivity index (χ1n) is 8.88. The van der Waals surface area contributed by atoms with Crippen LogP contribution < -0.4 is 5.32 Å². The lowest BCUT2D eigenvalue weighted by Gasteiger charge is -2.30. The minimum Gasteiger partial charge on any atom is -0.376 e. The van der Waals surface area contributed by atoms with E-state index in [1.807, 2.05) is 6.92 Å². The van der Waals surface area contributed by atoms with Crippen molar-refractivity contribution in [3.05, 3.63) is 0 Å². The van der Waals surface area contributed by atoms with Crippen LogP contribution in [0.5, 0.6) is 0 Å². The molecule has 0 aromatic carbocycles. The quantitative estimate of drug-likeness (QED) is 0.779. The highest BCUT2D eigenvalue weighted by Crippen LogP contribution is 2.15. The Morgan fingerprint density at radius 2 is 2.09 bits per heavy atom. The summed E-state index contributed by atoms with van der Waals surface area (Å²) in [4.78, 5) is 14.4. The van der Waals surface area contributed by atoms with Gasteiger partial charge in [0.05, 0.1) is 12.7 Å². The van der Waals surface area contributed by atoms with Gasteiger partial charge in [0.15, 0.2) is 0 Å². The van der Waals surface area contributed by atoms with E-state index in [1.165, 1.54) is 19.3 Å². The first-order chi connectivity index (χ1) is 10.6. The third-order valence-electron chi connectivity index (χ3n) is 4.78. The lowest BCUT2D eigenvalue weighted by molar-refractivity contribution is -0.135. The second-order valence-corrected chi connectivity index (χ2v) is 6.78. The van der Waals surface area contributed by atoms with E-state index in [-0.39, 0.29) is 12.0 Å². The second-order valence-electron chi connectivity index (χ2n) is 6.78. The maximum Gasteiger partial charge on any atom is 0.248 e. The highest BCUT2D eigenvalue weighted by atomic mass is 16.5. The molecule has 0 bridgehead atoms. The van der Waals surface area contributed by atoms with Crippen LogP contribution in [0.3, 0.4) is 0 Å². The maximum atomic E-state index is 12.0. The van der Waals surface area contributed by atoms with E-state index < -0.39 is 6.10 Å². The number of hydrogen-bond donors (Lipinski definition) is 1. The van der Waals surface area contributed by atoms with Crippen LogP contribution in [0.1, 0.15) is 46.0 Å². The molecular formula is C17H32N2O3. The molecule has 2 aliphatic rings. The summed E-state index contributed by atoms with van der Waals surface area (Å²) >= 11 is 0. The molecule has 22 heavy (non-hydrogen) atoms. The fourth-order valence-corrected chi connectivity index (χ4v) is 3.03. The number of carbonyl (C=O) groups excluding carboxylic acids is 1. The van der Waals surface area contributed by atoms with Crippen LogP contribution in [-0.2, 0) is 14.3 Å². The Kier molecular flexibility index (Phi) is 7.63. The molecule has 2 saturated heterocycles. The van der Waals surface area contributed by atoms with E-state index in [0.717, 1.165) is 45.0 Å². The third kappa shape index (κ3) is 6.23. The largest absolute Gasteiger partial charge is 0.376 e. The number of carbonyl (C=O) groups is 1. The van der Waals surface area contributed by atoms with Crippen LogP contribution in [-0.4, -0.2) is 62.4 Å². The van der Waals surface area contributed by atoms with Gasteiger partial charge in [-0.05, 0) is 58.0 Å². The Morgan fingerprint density at radius 1 is 1.32 bits per heavy atom. The normalized spacial score (nSPS) is 25.8. The molecule has 0 aromatic heterocycles. The van der Waals surface area contributed by atoms with Gasteiger partial charge in [-0.1, -0.05) is 6.92 Å². The predicted molar refractivity (Wildman–Crippen MR) is 86.9 cm³/mol. The Morgan fingerprint density at radius 3 is 2.77 bits per heavy atom. The lowest BCUT2D eigenvalue weighted by atomic mass is 9.99. The number of ether oxygens (including phenoxy) is 2. The van der Waals surface area contributed by atoms with E-state index in [2.05, 4.69) is 17.1 Å². The van der Waals surface area contributed by atoms with E-state index in [0.29, 0.717) is 13.2 Å². The summed E-state index contributed by atoms with van der Waals surface area (Å²) in [5.41, 5.74) is 0. The van der Waals surface area contributed by atoms with Gasteiger partial charge < -0.3 is 19.7 Å². The average molecular weight is 312 g/mol. The summed E-state index contributed by atoms with van der Waals surface area (Å²) in [7, 11) is 0. The number of likely N-dealkylation sites (tertiary alicyclic amines) is 1. The number of nitrogens with zero attached hydrogens (tertiary/aromatic N) is 1. The van der Waals surface area contributed by atoms with Gasteiger partial charge in [-0.25, -0.2) is 0 Å². The fraction of sp³-hybridized carbons (Fsp3) is 0.941. The molecular weight excluding hydrogens is 280 g/mol. The van der Waals surface area contributed by atoms with Crippen LogP contribution >= 0.6 is 0 Å². The van der Waals surface area contributed by atoms with Gasteiger partial charge in [0.25, 0.3) is 0 Å². The summed E-state index contributed by atoms with van der Waals surface area (Å²) in [5.74, 6) is 0.836. The van der Waals surface area contributed by atoms with Gasteiger partial charge >= 0.3 is 0 Å². The van der Waals surface area contributed by atoms with Crippen molar-refractivity contribution in [3.8, 4) is 0 Å². The van der Waals surface area contributed by atoms with Crippen molar-refractivity contribution in [3.63, 3.8) is 0 Å². The highest BCUT2D eigenvalue weighted by molar-refractivity contribution is 5.80. The Balaban J connectivity index is 1.54. The molecule has 0 aliphatic carbocycles. The van der Waals surface area contributed by atoms with Crippen molar-refractivity contribution in [1.29, 1.82) is 0 Å². The molecule has 2 aliphatic heterocycles. The van der Waals surface area contributed by atoms with Crippen molar-refractivity contribution < 1.29 is 14.3 Å². The monoisotopic (exact) mass is 312 g/mol. The second kappa shape index (κ2) is 9.48. The zero-order chi connectivity index (χ0) is 15.8. The molecule has 2 heterocycles. The number of hydrogen-bond acceptors (Lipinski definition) is 4. The van der Waals surface area contributed by atoms with Gasteiger partial charge in [-0.15, -0.1) is 0 Å². The minimum absolute atomic E-state index is 0.0128. The van der Waals surface area contributed by atoms with Gasteiger partial charge in [0.1, 0.15) is 6.10 Å². The first kappa shape index (κ1) is 17.7. The zero-order valence-corrected chi connectivity index (χ0v) is 14.2. The molecule has 1 N–H and O–H groups in total. The smallest absolute Gasteiger partial charge is 0.248 e. The Labute approximate surface area is 134 Å². The molecule has 2 fully saturated rings. The summed E-state index contributed by atoms with van der Waals surface area (Å²) < 4.78 is 11.3. The summed E-state index contributed by atoms with van der Waals surface area (Å²) in [6.45, 7) is 9.44. The lowest BCUT2D eigenvalue weighted by Crippen LogP contribution is -2.42. The molecule has 0 aromatic rings. The van der Waals surface area contributed by atoms with Crippen molar-refractivity contribution in [2.75, 3.05) is 39.4 Å². The zero-order valence-electron chi connectivity index (χ0n) is 14.2. The standard InChI is InChI=1S/C17H32N2O3/c1-14-6-9-19(10-7-14)11-8-18-17(20)15(2)22-13-16-5-3-4-12-21-16/h14-16H,3-13H2,1-2H3,(H,18,20)/t15-,16+/m1/s1. The van der Waals surface area contributed by atoms with E-state index in [9.17, 15) is 4.79 Å². The van der Waals surface area contributed by atoms with Crippen LogP contribution in [0, 0.1) is 5.92 Å². The third-order valence-corrected chi connectivity index (χ3v) is 4.78. The van der Waals surface area contributed by atoms with Crippen LogP contribution in [0.2, 0.25) is 0 Å². The van der Waals surface area contributed by atoms with Crippen LogP contribution in [0.4, 0.5) is 0 Å². The van der Waals surface area contributed by atoms with Gasteiger partial charge in [-0.2, -0.15) is 0 Å². The molecule has 0 saturated carbocycles. The summed E-state index contributed by atoms with van der Waals surface area (Å²) in [5, 5.41) is 2.98. The van der Waals surface area contributed by atoms with Crippen molar-refractivity contribution >= 4 is 5.91 Å². The van der Waals surface area contributed by atoms with Gasteiger partial charge in [0, 0.05) is 19.7 Å². The molecule has 5 nitrogen and oxygen atoms in total.